The molecular formula is C15H10BrClF2N2. The SMILES string of the molecule is CC(Cl)c1nc2cc(F)c(Br)cc2n1-c1ccccc1F. The first-order chi connectivity index (χ1) is 9.99. The molecule has 108 valence electrons. The van der Waals surface area contributed by atoms with E-state index in [-0.39, 0.29) is 0 Å². The summed E-state index contributed by atoms with van der Waals surface area (Å²) in [7, 11) is 0. The number of fused-ring (bicyclic) bond motifs is 1. The van der Waals surface area contributed by atoms with Crippen LogP contribution in [0.1, 0.15) is 18.1 Å². The minimum atomic E-state index is -0.446. The molecule has 6 heteroatoms. The number of hydrogen-bond donors (Lipinski definition) is 0. The van der Waals surface area contributed by atoms with Crippen molar-refractivity contribution in [1.29, 1.82) is 0 Å². The molecule has 0 aliphatic heterocycles. The Hall–Kier alpha value is -1.46. The van der Waals surface area contributed by atoms with Crippen LogP contribution < -0.4 is 0 Å². The molecule has 0 aliphatic carbocycles. The number of imidazole rings is 1. The van der Waals surface area contributed by atoms with Gasteiger partial charge in [0.15, 0.2) is 0 Å². The van der Waals surface area contributed by atoms with Gasteiger partial charge in [-0.3, -0.25) is 4.57 Å². The average Bonchev–Trinajstić information content (AvgIpc) is 2.78. The normalized spacial score (nSPS) is 12.8. The maximum absolute atomic E-state index is 14.1. The van der Waals surface area contributed by atoms with Gasteiger partial charge < -0.3 is 0 Å². The molecule has 21 heavy (non-hydrogen) atoms. The van der Waals surface area contributed by atoms with Crippen molar-refractivity contribution in [3.05, 3.63) is 58.3 Å². The van der Waals surface area contributed by atoms with E-state index in [1.165, 1.54) is 12.1 Å². The Bertz CT molecular complexity index is 830. The van der Waals surface area contributed by atoms with Gasteiger partial charge in [0.1, 0.15) is 17.5 Å². The Morgan fingerprint density at radius 1 is 1.19 bits per heavy atom. The van der Waals surface area contributed by atoms with Gasteiger partial charge in [-0.05, 0) is 41.1 Å². The van der Waals surface area contributed by atoms with Crippen LogP contribution in [-0.4, -0.2) is 9.55 Å². The summed E-state index contributed by atoms with van der Waals surface area (Å²) in [6.07, 6.45) is 0. The highest BCUT2D eigenvalue weighted by Crippen LogP contribution is 2.31. The predicted molar refractivity (Wildman–Crippen MR) is 83.0 cm³/mol. The largest absolute Gasteiger partial charge is 0.292 e. The van der Waals surface area contributed by atoms with Crippen LogP contribution in [0.15, 0.2) is 40.9 Å². The van der Waals surface area contributed by atoms with Gasteiger partial charge in [-0.2, -0.15) is 0 Å². The van der Waals surface area contributed by atoms with E-state index in [9.17, 15) is 8.78 Å². The molecule has 3 aromatic rings. The molecule has 1 aromatic heterocycles. The third kappa shape index (κ3) is 2.45. The van der Waals surface area contributed by atoms with Crippen molar-refractivity contribution in [3.8, 4) is 5.69 Å². The van der Waals surface area contributed by atoms with Crippen molar-refractivity contribution in [2.24, 2.45) is 0 Å². The molecule has 3 rings (SSSR count). The summed E-state index contributed by atoms with van der Waals surface area (Å²) in [6.45, 7) is 1.74. The van der Waals surface area contributed by atoms with Crippen LogP contribution >= 0.6 is 27.5 Å². The Kier molecular flexibility index (Phi) is 3.71. The summed E-state index contributed by atoms with van der Waals surface area (Å²) in [5.74, 6) is -0.348. The maximum Gasteiger partial charge on any atom is 0.147 e. The smallest absolute Gasteiger partial charge is 0.147 e. The number of hydrogen-bond acceptors (Lipinski definition) is 1. The second-order valence-corrected chi connectivity index (χ2v) is 6.14. The van der Waals surface area contributed by atoms with E-state index in [4.69, 9.17) is 11.6 Å². The Balaban J connectivity index is 2.41. The van der Waals surface area contributed by atoms with E-state index in [0.29, 0.717) is 27.0 Å². The first-order valence-corrected chi connectivity index (χ1v) is 7.48. The third-order valence-electron chi connectivity index (χ3n) is 3.17. The number of para-hydroxylation sites is 1. The first-order valence-electron chi connectivity index (χ1n) is 6.25. The summed E-state index contributed by atoms with van der Waals surface area (Å²) < 4.78 is 29.7. The van der Waals surface area contributed by atoms with Gasteiger partial charge >= 0.3 is 0 Å². The molecule has 0 saturated carbocycles. The number of halogens is 4. The van der Waals surface area contributed by atoms with Crippen LogP contribution in [0.3, 0.4) is 0 Å². The lowest BCUT2D eigenvalue weighted by Gasteiger charge is -2.11. The fourth-order valence-corrected chi connectivity index (χ4v) is 2.72. The summed E-state index contributed by atoms with van der Waals surface area (Å²) >= 11 is 9.30. The number of aromatic nitrogens is 2. The van der Waals surface area contributed by atoms with Crippen molar-refractivity contribution >= 4 is 38.6 Å². The van der Waals surface area contributed by atoms with Crippen molar-refractivity contribution in [2.75, 3.05) is 0 Å². The van der Waals surface area contributed by atoms with Crippen molar-refractivity contribution in [3.63, 3.8) is 0 Å². The zero-order chi connectivity index (χ0) is 15.1. The Labute approximate surface area is 133 Å². The van der Waals surface area contributed by atoms with Crippen LogP contribution in [-0.2, 0) is 0 Å². The fourth-order valence-electron chi connectivity index (χ4n) is 2.24. The van der Waals surface area contributed by atoms with Gasteiger partial charge in [0.05, 0.1) is 26.6 Å². The van der Waals surface area contributed by atoms with E-state index in [2.05, 4.69) is 20.9 Å². The summed E-state index contributed by atoms with van der Waals surface area (Å²) in [4.78, 5) is 4.34. The molecule has 0 saturated heterocycles. The standard InChI is InChI=1S/C15H10BrClF2N2/c1-8(17)15-20-12-7-11(19)9(16)6-14(12)21(15)13-5-3-2-4-10(13)18/h2-8H,1H3. The molecule has 0 amide bonds. The number of rotatable bonds is 2. The molecule has 0 aliphatic rings. The molecule has 2 aromatic carbocycles. The molecular weight excluding hydrogens is 362 g/mol. The third-order valence-corrected chi connectivity index (χ3v) is 3.97. The summed E-state index contributed by atoms with van der Waals surface area (Å²) in [6, 6.07) is 9.22. The van der Waals surface area contributed by atoms with Crippen LogP contribution in [0.25, 0.3) is 16.7 Å². The highest BCUT2D eigenvalue weighted by Gasteiger charge is 2.19. The molecule has 2 nitrogen and oxygen atoms in total. The zero-order valence-electron chi connectivity index (χ0n) is 10.9. The number of benzene rings is 2. The quantitative estimate of drug-likeness (QED) is 0.554. The minimum absolute atomic E-state index is 0.293. The lowest BCUT2D eigenvalue weighted by molar-refractivity contribution is 0.616. The molecule has 0 bridgehead atoms. The highest BCUT2D eigenvalue weighted by molar-refractivity contribution is 9.10. The molecule has 0 N–H and O–H groups in total. The first kappa shape index (κ1) is 14.5. The van der Waals surface area contributed by atoms with E-state index in [0.717, 1.165) is 0 Å². The van der Waals surface area contributed by atoms with E-state index in [1.807, 2.05) is 0 Å². The number of alkyl halides is 1. The van der Waals surface area contributed by atoms with Gasteiger partial charge in [-0.25, -0.2) is 13.8 Å². The lowest BCUT2D eigenvalue weighted by atomic mass is 10.2. The molecule has 0 fully saturated rings. The van der Waals surface area contributed by atoms with Crippen LogP contribution in [0.5, 0.6) is 0 Å². The second-order valence-electron chi connectivity index (χ2n) is 4.63. The monoisotopic (exact) mass is 370 g/mol. The van der Waals surface area contributed by atoms with Crippen molar-refractivity contribution in [1.82, 2.24) is 9.55 Å². The Morgan fingerprint density at radius 3 is 2.57 bits per heavy atom. The highest BCUT2D eigenvalue weighted by atomic mass is 79.9. The molecule has 1 heterocycles. The summed E-state index contributed by atoms with van der Waals surface area (Å²) in [5.41, 5.74) is 1.36. The number of nitrogens with zero attached hydrogens (tertiary/aromatic N) is 2. The Morgan fingerprint density at radius 2 is 1.90 bits per heavy atom. The average molecular weight is 372 g/mol. The maximum atomic E-state index is 14.1. The van der Waals surface area contributed by atoms with Gasteiger partial charge in [-0.15, -0.1) is 11.6 Å². The second kappa shape index (κ2) is 5.39. The van der Waals surface area contributed by atoms with Gasteiger partial charge in [0.2, 0.25) is 0 Å². The topological polar surface area (TPSA) is 17.8 Å². The van der Waals surface area contributed by atoms with E-state index >= 15 is 0 Å². The van der Waals surface area contributed by atoms with E-state index in [1.54, 1.807) is 35.8 Å². The predicted octanol–water partition coefficient (Wildman–Crippen LogP) is 5.37. The van der Waals surface area contributed by atoms with Gasteiger partial charge in [-0.1, -0.05) is 12.1 Å². The molecule has 1 unspecified atom stereocenters. The molecule has 0 radical (unpaired) electrons. The summed E-state index contributed by atoms with van der Waals surface area (Å²) in [5, 5.41) is -0.446. The molecule has 1 atom stereocenters. The van der Waals surface area contributed by atoms with Crippen molar-refractivity contribution < 1.29 is 8.78 Å². The van der Waals surface area contributed by atoms with Crippen LogP contribution in [0.2, 0.25) is 0 Å². The lowest BCUT2D eigenvalue weighted by Crippen LogP contribution is -2.04. The fraction of sp³-hybridized carbons (Fsp3) is 0.133. The zero-order valence-corrected chi connectivity index (χ0v) is 13.3. The van der Waals surface area contributed by atoms with Crippen molar-refractivity contribution in [2.45, 2.75) is 12.3 Å². The van der Waals surface area contributed by atoms with Crippen LogP contribution in [0.4, 0.5) is 8.78 Å². The minimum Gasteiger partial charge on any atom is -0.292 e. The van der Waals surface area contributed by atoms with Gasteiger partial charge in [0, 0.05) is 6.07 Å². The van der Waals surface area contributed by atoms with E-state index < -0.39 is 17.0 Å². The van der Waals surface area contributed by atoms with Crippen LogP contribution in [0, 0.1) is 11.6 Å². The van der Waals surface area contributed by atoms with Gasteiger partial charge in [0.25, 0.3) is 0 Å². The molecule has 0 spiro atoms.